The average Bonchev–Trinajstić information content (AvgIpc) is 1.55. The largest absolute Gasteiger partial charge is 0.394 e. The summed E-state index contributed by atoms with van der Waals surface area (Å²) in [4.78, 5) is 0. The molecule has 0 amide bonds. The smallest absolute Gasteiger partial charge is 0.0720 e. The Balaban J connectivity index is 0. The molecule has 0 unspecified atom stereocenters. The Bertz CT molecular complexity index is 89.0. The van der Waals surface area contributed by atoms with Crippen LogP contribution in [0.2, 0.25) is 0 Å². The summed E-state index contributed by atoms with van der Waals surface area (Å²) in [7, 11) is 1.89. The number of ether oxygens (including phenoxy) is 1. The van der Waals surface area contributed by atoms with Crippen molar-refractivity contribution in [3.63, 3.8) is 0 Å². The summed E-state index contributed by atoms with van der Waals surface area (Å²) in [5, 5.41) is 2.93. The fraction of sp³-hybridized carbons (Fsp3) is 0.600. The van der Waals surface area contributed by atoms with Crippen molar-refractivity contribution in [3.05, 3.63) is 11.8 Å². The lowest BCUT2D eigenvalue weighted by atomic mass is 10.3. The average molecular weight is 172 g/mol. The Kier molecular flexibility index (Phi) is 8.15. The molecule has 1 rings (SSSR count). The second-order valence-corrected chi connectivity index (χ2v) is 1.58. The number of rotatable bonds is 1. The number of halogens is 2. The van der Waals surface area contributed by atoms with Crippen molar-refractivity contribution in [2.24, 2.45) is 0 Å². The Hall–Kier alpha value is 0.0800. The van der Waals surface area contributed by atoms with Gasteiger partial charge in [-0.25, -0.2) is 0 Å². The lowest BCUT2D eigenvalue weighted by Gasteiger charge is -2.16. The van der Waals surface area contributed by atoms with Crippen LogP contribution in [0.5, 0.6) is 0 Å². The third kappa shape index (κ3) is 3.62. The molecule has 0 aliphatic carbocycles. The molecule has 9 heavy (non-hydrogen) atoms. The van der Waals surface area contributed by atoms with E-state index in [-0.39, 0.29) is 24.8 Å². The van der Waals surface area contributed by atoms with Crippen molar-refractivity contribution in [3.8, 4) is 0 Å². The van der Waals surface area contributed by atoms with E-state index in [1.54, 1.807) is 0 Å². The number of nitrogens with one attached hydrogen (secondary N) is 1. The Morgan fingerprint density at radius 2 is 2.00 bits per heavy atom. The van der Waals surface area contributed by atoms with Crippen molar-refractivity contribution >= 4 is 24.8 Å². The first-order chi connectivity index (χ1) is 3.43. The first-order valence-corrected chi connectivity index (χ1v) is 2.36. The van der Waals surface area contributed by atoms with Crippen LogP contribution in [0.1, 0.15) is 0 Å². The summed E-state index contributed by atoms with van der Waals surface area (Å²) in [6.07, 6.45) is 1.98. The van der Waals surface area contributed by atoms with Crippen LogP contribution in [-0.2, 0) is 4.74 Å². The van der Waals surface area contributed by atoms with Gasteiger partial charge in [0.1, 0.15) is 0 Å². The molecule has 1 aliphatic rings. The summed E-state index contributed by atoms with van der Waals surface area (Å²) in [6.45, 7) is 1.64. The predicted molar refractivity (Wildman–Crippen MR) is 42.5 cm³/mol. The molecule has 0 saturated carbocycles. The molecule has 0 radical (unpaired) electrons. The zero-order valence-corrected chi connectivity index (χ0v) is 6.85. The van der Waals surface area contributed by atoms with Crippen LogP contribution in [0.4, 0.5) is 0 Å². The highest BCUT2D eigenvalue weighted by atomic mass is 35.5. The van der Waals surface area contributed by atoms with Crippen molar-refractivity contribution in [1.82, 2.24) is 5.32 Å². The van der Waals surface area contributed by atoms with Crippen molar-refractivity contribution in [1.29, 1.82) is 0 Å². The van der Waals surface area contributed by atoms with Crippen molar-refractivity contribution in [2.75, 3.05) is 20.3 Å². The lowest BCUT2D eigenvalue weighted by molar-refractivity contribution is 0.102. The van der Waals surface area contributed by atoms with Gasteiger partial charge in [-0.3, -0.25) is 0 Å². The maximum Gasteiger partial charge on any atom is 0.0720 e. The second kappa shape index (κ2) is 6.20. The van der Waals surface area contributed by atoms with Crippen molar-refractivity contribution in [2.45, 2.75) is 0 Å². The minimum absolute atomic E-state index is 0. The van der Waals surface area contributed by atoms with E-state index in [1.165, 1.54) is 5.57 Å². The van der Waals surface area contributed by atoms with Crippen LogP contribution in [0.3, 0.4) is 0 Å². The van der Waals surface area contributed by atoms with E-state index in [0.29, 0.717) is 0 Å². The molecule has 0 atom stereocenters. The maximum absolute atomic E-state index is 4.88. The van der Waals surface area contributed by atoms with Crippen LogP contribution < -0.4 is 5.32 Å². The third-order valence-electron chi connectivity index (χ3n) is 0.923. The van der Waals surface area contributed by atoms with Gasteiger partial charge in [-0.15, -0.1) is 24.8 Å². The molecule has 0 aromatic heterocycles. The van der Waals surface area contributed by atoms with Gasteiger partial charge >= 0.3 is 0 Å². The second-order valence-electron chi connectivity index (χ2n) is 1.58. The molecule has 0 bridgehead atoms. The molecular weight excluding hydrogens is 161 g/mol. The standard InChI is InChI=1S/C5H9NO.2ClH/c1-6-2-5-3-7-4-5;;/h2,6H,3-4H2,1H3;2*1H. The van der Waals surface area contributed by atoms with Gasteiger partial charge in [0.15, 0.2) is 0 Å². The zero-order valence-electron chi connectivity index (χ0n) is 5.22. The first kappa shape index (κ1) is 11.8. The van der Waals surface area contributed by atoms with E-state index in [0.717, 1.165) is 13.2 Å². The predicted octanol–water partition coefficient (Wildman–Crippen LogP) is 0.963. The quantitative estimate of drug-likeness (QED) is 0.636. The van der Waals surface area contributed by atoms with Gasteiger partial charge in [-0.05, 0) is 11.8 Å². The van der Waals surface area contributed by atoms with Crippen LogP contribution in [0.25, 0.3) is 0 Å². The van der Waals surface area contributed by atoms with Gasteiger partial charge in [0, 0.05) is 7.05 Å². The number of hydrogen-bond acceptors (Lipinski definition) is 2. The topological polar surface area (TPSA) is 21.3 Å². The molecule has 1 aliphatic heterocycles. The van der Waals surface area contributed by atoms with Gasteiger partial charge in [-0.1, -0.05) is 0 Å². The molecule has 1 heterocycles. The summed E-state index contributed by atoms with van der Waals surface area (Å²) in [5.74, 6) is 0. The van der Waals surface area contributed by atoms with Gasteiger partial charge < -0.3 is 10.1 Å². The molecule has 4 heteroatoms. The Morgan fingerprint density at radius 3 is 2.11 bits per heavy atom. The van der Waals surface area contributed by atoms with E-state index in [4.69, 9.17) is 4.74 Å². The normalized spacial score (nSPS) is 14.1. The summed E-state index contributed by atoms with van der Waals surface area (Å²) >= 11 is 0. The van der Waals surface area contributed by atoms with E-state index >= 15 is 0 Å². The number of hydrogen-bond donors (Lipinski definition) is 1. The molecule has 1 fully saturated rings. The van der Waals surface area contributed by atoms with E-state index < -0.39 is 0 Å². The highest BCUT2D eigenvalue weighted by molar-refractivity contribution is 5.85. The summed E-state index contributed by atoms with van der Waals surface area (Å²) < 4.78 is 4.88. The Labute approximate surface area is 67.5 Å². The molecule has 0 spiro atoms. The van der Waals surface area contributed by atoms with E-state index in [2.05, 4.69) is 5.32 Å². The highest BCUT2D eigenvalue weighted by Crippen LogP contribution is 2.04. The molecule has 0 aromatic carbocycles. The molecule has 2 nitrogen and oxygen atoms in total. The first-order valence-electron chi connectivity index (χ1n) is 2.36. The molecule has 1 N–H and O–H groups in total. The lowest BCUT2D eigenvalue weighted by Crippen LogP contribution is -2.18. The van der Waals surface area contributed by atoms with Gasteiger partial charge in [-0.2, -0.15) is 0 Å². The zero-order chi connectivity index (χ0) is 5.11. The highest BCUT2D eigenvalue weighted by Gasteiger charge is 2.05. The van der Waals surface area contributed by atoms with E-state index in [9.17, 15) is 0 Å². The van der Waals surface area contributed by atoms with Gasteiger partial charge in [0.2, 0.25) is 0 Å². The fourth-order valence-corrected chi connectivity index (χ4v) is 0.507. The van der Waals surface area contributed by atoms with Gasteiger partial charge in [0.25, 0.3) is 0 Å². The monoisotopic (exact) mass is 171 g/mol. The Morgan fingerprint density at radius 1 is 1.44 bits per heavy atom. The van der Waals surface area contributed by atoms with Crippen LogP contribution in [0, 0.1) is 0 Å². The molecule has 0 aromatic rings. The van der Waals surface area contributed by atoms with Crippen LogP contribution in [0.15, 0.2) is 11.8 Å². The minimum atomic E-state index is 0. The SMILES string of the molecule is CNC=C1COC1.Cl.Cl. The maximum atomic E-state index is 4.88. The van der Waals surface area contributed by atoms with Crippen LogP contribution in [-0.4, -0.2) is 20.3 Å². The molecule has 1 saturated heterocycles. The fourth-order valence-electron chi connectivity index (χ4n) is 0.507. The molecule has 56 valence electrons. The van der Waals surface area contributed by atoms with Gasteiger partial charge in [0.05, 0.1) is 13.2 Å². The summed E-state index contributed by atoms with van der Waals surface area (Å²) in [5.41, 5.74) is 1.35. The van der Waals surface area contributed by atoms with E-state index in [1.807, 2.05) is 13.2 Å². The van der Waals surface area contributed by atoms with Crippen LogP contribution >= 0.6 is 24.8 Å². The minimum Gasteiger partial charge on any atom is -0.394 e. The summed E-state index contributed by atoms with van der Waals surface area (Å²) in [6, 6.07) is 0. The van der Waals surface area contributed by atoms with Crippen molar-refractivity contribution < 1.29 is 4.74 Å². The third-order valence-corrected chi connectivity index (χ3v) is 0.923. The molecular formula is C5H11Cl2NO.